The summed E-state index contributed by atoms with van der Waals surface area (Å²) in [5.74, 6) is 0.851. The van der Waals surface area contributed by atoms with Gasteiger partial charge in [-0.05, 0) is 45.1 Å². The van der Waals surface area contributed by atoms with Crippen LogP contribution in [-0.2, 0) is 4.74 Å². The van der Waals surface area contributed by atoms with E-state index in [4.69, 9.17) is 4.74 Å². The number of ether oxygens (including phenoxy) is 1. The Morgan fingerprint density at radius 1 is 1.35 bits per heavy atom. The van der Waals surface area contributed by atoms with E-state index in [1.54, 1.807) is 0 Å². The molecule has 0 aromatic carbocycles. The van der Waals surface area contributed by atoms with Crippen LogP contribution in [0.4, 0.5) is 0 Å². The highest BCUT2D eigenvalue weighted by molar-refractivity contribution is 4.99. The molecule has 2 unspecified atom stereocenters. The van der Waals surface area contributed by atoms with Gasteiger partial charge in [-0.3, -0.25) is 0 Å². The van der Waals surface area contributed by atoms with E-state index < -0.39 is 0 Å². The minimum Gasteiger partial charge on any atom is -0.394 e. The van der Waals surface area contributed by atoms with Crippen LogP contribution in [0.2, 0.25) is 0 Å². The molecule has 0 aromatic heterocycles. The van der Waals surface area contributed by atoms with Crippen molar-refractivity contribution >= 4 is 0 Å². The van der Waals surface area contributed by atoms with E-state index in [0.29, 0.717) is 12.1 Å². The first kappa shape index (κ1) is 16.2. The van der Waals surface area contributed by atoms with Crippen LogP contribution in [0.5, 0.6) is 0 Å². The number of nitrogens with one attached hydrogen (secondary N) is 1. The van der Waals surface area contributed by atoms with Gasteiger partial charge < -0.3 is 20.1 Å². The zero-order valence-electron chi connectivity index (χ0n) is 13.4. The average Bonchev–Trinajstić information content (AvgIpc) is 3.14. The maximum absolute atomic E-state index is 9.74. The van der Waals surface area contributed by atoms with Crippen LogP contribution < -0.4 is 5.32 Å². The standard InChI is InChI=1S/C16H32N2O2/c1-13(2)17-16(12-19)7-6-15(10-16)18(3)8-9-20-11-14-4-5-14/h13-15,17,19H,4-12H2,1-3H3. The molecule has 118 valence electrons. The Morgan fingerprint density at radius 3 is 2.70 bits per heavy atom. The van der Waals surface area contributed by atoms with Gasteiger partial charge >= 0.3 is 0 Å². The van der Waals surface area contributed by atoms with Gasteiger partial charge in [0.05, 0.1) is 13.2 Å². The molecule has 2 aliphatic rings. The lowest BCUT2D eigenvalue weighted by atomic mass is 9.97. The van der Waals surface area contributed by atoms with Gasteiger partial charge in [-0.15, -0.1) is 0 Å². The van der Waals surface area contributed by atoms with E-state index in [1.807, 2.05) is 0 Å². The molecule has 2 fully saturated rings. The Labute approximate surface area is 123 Å². The molecule has 0 saturated heterocycles. The number of rotatable bonds is 9. The molecule has 0 radical (unpaired) electrons. The average molecular weight is 284 g/mol. The fraction of sp³-hybridized carbons (Fsp3) is 1.00. The highest BCUT2D eigenvalue weighted by atomic mass is 16.5. The van der Waals surface area contributed by atoms with Crippen LogP contribution in [0.3, 0.4) is 0 Å². The fourth-order valence-corrected chi connectivity index (χ4v) is 3.33. The molecule has 2 N–H and O–H groups in total. The molecule has 0 amide bonds. The van der Waals surface area contributed by atoms with Crippen molar-refractivity contribution in [1.29, 1.82) is 0 Å². The van der Waals surface area contributed by atoms with Crippen molar-refractivity contribution in [2.24, 2.45) is 5.92 Å². The number of aliphatic hydroxyl groups is 1. The first-order chi connectivity index (χ1) is 9.54. The summed E-state index contributed by atoms with van der Waals surface area (Å²) in [6.07, 6.45) is 6.00. The largest absolute Gasteiger partial charge is 0.394 e. The molecule has 2 saturated carbocycles. The molecule has 2 rings (SSSR count). The third-order valence-corrected chi connectivity index (χ3v) is 4.74. The molecule has 4 heteroatoms. The van der Waals surface area contributed by atoms with Gasteiger partial charge in [0, 0.05) is 30.8 Å². The van der Waals surface area contributed by atoms with Crippen LogP contribution in [-0.4, -0.2) is 61.0 Å². The topological polar surface area (TPSA) is 44.7 Å². The highest BCUT2D eigenvalue weighted by Gasteiger charge is 2.40. The molecule has 0 spiro atoms. The van der Waals surface area contributed by atoms with E-state index in [9.17, 15) is 5.11 Å². The molecular formula is C16H32N2O2. The quantitative estimate of drug-likeness (QED) is 0.632. The third kappa shape index (κ3) is 4.69. The van der Waals surface area contributed by atoms with Crippen LogP contribution in [0.1, 0.15) is 46.0 Å². The predicted octanol–water partition coefficient (Wildman–Crippen LogP) is 1.63. The fourth-order valence-electron chi connectivity index (χ4n) is 3.33. The zero-order chi connectivity index (χ0) is 14.6. The highest BCUT2D eigenvalue weighted by Crippen LogP contribution is 2.33. The van der Waals surface area contributed by atoms with E-state index in [-0.39, 0.29) is 12.1 Å². The minimum atomic E-state index is -0.0675. The summed E-state index contributed by atoms with van der Waals surface area (Å²) in [5, 5.41) is 13.3. The summed E-state index contributed by atoms with van der Waals surface area (Å²) < 4.78 is 5.72. The van der Waals surface area contributed by atoms with E-state index in [1.165, 1.54) is 19.3 Å². The minimum absolute atomic E-state index is 0.0675. The Morgan fingerprint density at radius 2 is 2.10 bits per heavy atom. The second-order valence-electron chi connectivity index (χ2n) is 7.13. The molecule has 2 atom stereocenters. The lowest BCUT2D eigenvalue weighted by Gasteiger charge is -2.32. The number of nitrogens with zero attached hydrogens (tertiary/aromatic N) is 1. The van der Waals surface area contributed by atoms with Crippen molar-refractivity contribution in [3.8, 4) is 0 Å². The number of hydrogen-bond acceptors (Lipinski definition) is 4. The van der Waals surface area contributed by atoms with Crippen LogP contribution in [0.15, 0.2) is 0 Å². The molecule has 20 heavy (non-hydrogen) atoms. The smallest absolute Gasteiger partial charge is 0.0614 e. The van der Waals surface area contributed by atoms with Crippen molar-refractivity contribution in [3.05, 3.63) is 0 Å². The van der Waals surface area contributed by atoms with E-state index in [0.717, 1.165) is 38.5 Å². The third-order valence-electron chi connectivity index (χ3n) is 4.74. The van der Waals surface area contributed by atoms with Gasteiger partial charge in [0.15, 0.2) is 0 Å². The summed E-state index contributed by atoms with van der Waals surface area (Å²) >= 11 is 0. The van der Waals surface area contributed by atoms with E-state index >= 15 is 0 Å². The summed E-state index contributed by atoms with van der Waals surface area (Å²) in [6.45, 7) is 7.34. The summed E-state index contributed by atoms with van der Waals surface area (Å²) in [4.78, 5) is 2.41. The van der Waals surface area contributed by atoms with Crippen molar-refractivity contribution in [2.75, 3.05) is 33.4 Å². The second-order valence-corrected chi connectivity index (χ2v) is 7.13. The zero-order valence-corrected chi connectivity index (χ0v) is 13.4. The van der Waals surface area contributed by atoms with Gasteiger partial charge in [-0.2, -0.15) is 0 Å². The van der Waals surface area contributed by atoms with Gasteiger partial charge in [0.2, 0.25) is 0 Å². The van der Waals surface area contributed by atoms with Crippen molar-refractivity contribution in [1.82, 2.24) is 10.2 Å². The van der Waals surface area contributed by atoms with Crippen molar-refractivity contribution < 1.29 is 9.84 Å². The lowest BCUT2D eigenvalue weighted by Crippen LogP contribution is -2.50. The van der Waals surface area contributed by atoms with E-state index in [2.05, 4.69) is 31.1 Å². The maximum atomic E-state index is 9.74. The Kier molecular flexibility index (Phi) is 5.84. The first-order valence-electron chi connectivity index (χ1n) is 8.21. The van der Waals surface area contributed by atoms with Crippen molar-refractivity contribution in [2.45, 2.75) is 63.6 Å². The Balaban J connectivity index is 1.69. The molecular weight excluding hydrogens is 252 g/mol. The van der Waals surface area contributed by atoms with Gasteiger partial charge in [0.1, 0.15) is 0 Å². The van der Waals surface area contributed by atoms with Gasteiger partial charge in [0.25, 0.3) is 0 Å². The van der Waals surface area contributed by atoms with Crippen LogP contribution in [0.25, 0.3) is 0 Å². The number of likely N-dealkylation sites (N-methyl/N-ethyl adjacent to an activating group) is 1. The SMILES string of the molecule is CC(C)NC1(CO)CCC(N(C)CCOCC2CC2)C1. The Bertz CT molecular complexity index is 294. The molecule has 0 heterocycles. The summed E-state index contributed by atoms with van der Waals surface area (Å²) in [6, 6.07) is 0.992. The molecule has 0 aromatic rings. The van der Waals surface area contributed by atoms with Gasteiger partial charge in [-0.1, -0.05) is 13.8 Å². The summed E-state index contributed by atoms with van der Waals surface area (Å²) in [7, 11) is 2.19. The molecule has 4 nitrogen and oxygen atoms in total. The van der Waals surface area contributed by atoms with Crippen LogP contribution in [0, 0.1) is 5.92 Å². The molecule has 2 aliphatic carbocycles. The maximum Gasteiger partial charge on any atom is 0.0614 e. The second kappa shape index (κ2) is 7.21. The number of aliphatic hydroxyl groups excluding tert-OH is 1. The molecule has 0 aliphatic heterocycles. The number of hydrogen-bond donors (Lipinski definition) is 2. The van der Waals surface area contributed by atoms with Crippen molar-refractivity contribution in [3.63, 3.8) is 0 Å². The lowest BCUT2D eigenvalue weighted by molar-refractivity contribution is 0.0875. The first-order valence-corrected chi connectivity index (χ1v) is 8.21. The normalized spacial score (nSPS) is 30.6. The Hall–Kier alpha value is -0.160. The molecule has 0 bridgehead atoms. The summed E-state index contributed by atoms with van der Waals surface area (Å²) in [5.41, 5.74) is -0.0675. The monoisotopic (exact) mass is 284 g/mol. The predicted molar refractivity (Wildman–Crippen MR) is 81.9 cm³/mol. The van der Waals surface area contributed by atoms with Gasteiger partial charge in [-0.25, -0.2) is 0 Å². The van der Waals surface area contributed by atoms with Crippen LogP contribution >= 0.6 is 0 Å².